The van der Waals surface area contributed by atoms with E-state index in [1.54, 1.807) is 7.11 Å². The first-order valence-corrected chi connectivity index (χ1v) is 20.3. The number of carbonyl (C=O) groups is 1. The van der Waals surface area contributed by atoms with Gasteiger partial charge in [0.25, 0.3) is 0 Å². The minimum atomic E-state index is -0.776. The molecule has 12 bridgehead atoms. The van der Waals surface area contributed by atoms with Crippen LogP contribution in [0.3, 0.4) is 0 Å². The fraction of sp³-hybridized carbons (Fsp3) is 0.875. The molecule has 0 aromatic rings. The fourth-order valence-corrected chi connectivity index (χ4v) is 11.3. The van der Waals surface area contributed by atoms with Crippen LogP contribution in [-0.4, -0.2) is 128 Å². The van der Waals surface area contributed by atoms with E-state index in [4.69, 9.17) is 42.6 Å². The summed E-state index contributed by atoms with van der Waals surface area (Å²) in [5.74, 6) is -0.574. The highest BCUT2D eigenvalue weighted by Gasteiger charge is 2.68. The maximum Gasteiger partial charge on any atom is 0.172 e. The highest BCUT2D eigenvalue weighted by molar-refractivity contribution is 5.79. The maximum atomic E-state index is 14.1. The second-order valence-corrected chi connectivity index (χ2v) is 17.5. The van der Waals surface area contributed by atoms with Crippen LogP contribution < -0.4 is 5.73 Å². The van der Waals surface area contributed by atoms with E-state index < -0.39 is 11.9 Å². The van der Waals surface area contributed by atoms with Crippen molar-refractivity contribution >= 4 is 5.78 Å². The van der Waals surface area contributed by atoms with Gasteiger partial charge in [0.15, 0.2) is 5.79 Å². The predicted octanol–water partition coefficient (Wildman–Crippen LogP) is 2.72. The molecular formula is C40H60NO11+. The number of ether oxygens (including phenoxy) is 9. The number of hydrogen-bond donors (Lipinski definition) is 2. The van der Waals surface area contributed by atoms with Crippen molar-refractivity contribution in [1.29, 1.82) is 0 Å². The van der Waals surface area contributed by atoms with E-state index in [0.29, 0.717) is 45.1 Å². The Labute approximate surface area is 307 Å². The zero-order valence-corrected chi connectivity index (χ0v) is 30.9. The Kier molecular flexibility index (Phi) is 10.0. The lowest BCUT2D eigenvalue weighted by Crippen LogP contribution is -2.61. The van der Waals surface area contributed by atoms with E-state index in [9.17, 15) is 9.90 Å². The third-order valence-electron chi connectivity index (χ3n) is 14.0. The van der Waals surface area contributed by atoms with Crippen LogP contribution in [0.25, 0.3) is 0 Å². The van der Waals surface area contributed by atoms with E-state index in [2.05, 4.69) is 25.8 Å². The molecule has 0 aromatic heterocycles. The second-order valence-electron chi connectivity index (χ2n) is 17.5. The molecule has 10 rings (SSSR count). The summed E-state index contributed by atoms with van der Waals surface area (Å²) in [5.41, 5.74) is 6.10. The third kappa shape index (κ3) is 6.59. The molecule has 1 spiro atoms. The van der Waals surface area contributed by atoms with Crippen molar-refractivity contribution in [2.45, 2.75) is 194 Å². The van der Waals surface area contributed by atoms with Crippen LogP contribution in [-0.2, 0) is 47.4 Å². The molecule has 12 heteroatoms. The lowest BCUT2D eigenvalue weighted by molar-refractivity contribution is -0.385. The zero-order valence-electron chi connectivity index (χ0n) is 30.9. The Morgan fingerprint density at radius 2 is 1.56 bits per heavy atom. The Balaban J connectivity index is 0.994. The van der Waals surface area contributed by atoms with Gasteiger partial charge >= 0.3 is 0 Å². The number of ketones is 1. The summed E-state index contributed by atoms with van der Waals surface area (Å²) in [6.45, 7) is 11.5. The smallest absolute Gasteiger partial charge is 0.172 e. The molecule has 0 aromatic carbocycles. The summed E-state index contributed by atoms with van der Waals surface area (Å²) in [7, 11) is 1.67. The van der Waals surface area contributed by atoms with Gasteiger partial charge < -0.3 is 53.5 Å². The van der Waals surface area contributed by atoms with Crippen molar-refractivity contribution in [3.63, 3.8) is 0 Å². The minimum Gasteiger partial charge on any atom is -0.387 e. The molecule has 10 heterocycles. The minimum absolute atomic E-state index is 0.0107. The molecule has 10 aliphatic rings. The summed E-state index contributed by atoms with van der Waals surface area (Å²) in [6, 6.07) is 0. The predicted molar refractivity (Wildman–Crippen MR) is 185 cm³/mol. The van der Waals surface area contributed by atoms with Gasteiger partial charge in [0.1, 0.15) is 49.0 Å². The highest BCUT2D eigenvalue weighted by Crippen LogP contribution is 2.54. The highest BCUT2D eigenvalue weighted by atomic mass is 16.8. The Morgan fingerprint density at radius 1 is 0.808 bits per heavy atom. The van der Waals surface area contributed by atoms with Gasteiger partial charge in [-0.05, 0) is 62.0 Å². The molecular weight excluding hydrogens is 670 g/mol. The number of rotatable bonds is 4. The van der Waals surface area contributed by atoms with Gasteiger partial charge in [-0.3, -0.25) is 4.79 Å². The van der Waals surface area contributed by atoms with Crippen molar-refractivity contribution in [2.75, 3.05) is 13.7 Å². The molecule has 0 unspecified atom stereocenters. The van der Waals surface area contributed by atoms with Crippen LogP contribution in [0, 0.1) is 11.8 Å². The molecule has 10 saturated heterocycles. The Bertz CT molecular complexity index is 1380. The molecule has 0 amide bonds. The van der Waals surface area contributed by atoms with Crippen LogP contribution in [0.15, 0.2) is 24.3 Å². The number of fused-ring (bicyclic) bond motifs is 6. The van der Waals surface area contributed by atoms with Crippen LogP contribution in [0.2, 0.25) is 0 Å². The standard InChI is InChI=1S/C40H59NO11/c1-19-11-24-5-7-28-20(2)12-26(45-28)9-10-40-17-33-36(51-40)37-38(50-33)39(52-40)35-29(49-37)8-6-25(47-35)13-22(42)14-27-31(16-30(46-24)21(19)3)48-32(34(27)44-4)15-23(43)18-41/h19,23-39,43H,2-3,5-18,41H2,1,4H3/p+1/t19-,23+,24+,25-,26+,27+,28+,29+,30-,31+,32-,33-,34-,35+,36+,37+,38-,39+,40+/m1/s1. The van der Waals surface area contributed by atoms with E-state index in [1.165, 1.54) is 0 Å². The molecule has 12 nitrogen and oxygen atoms in total. The van der Waals surface area contributed by atoms with Crippen LogP contribution in [0.4, 0.5) is 0 Å². The van der Waals surface area contributed by atoms with E-state index in [0.717, 1.165) is 56.1 Å². The van der Waals surface area contributed by atoms with Crippen molar-refractivity contribution in [3.8, 4) is 0 Å². The lowest BCUT2D eigenvalue weighted by Gasteiger charge is -2.47. The van der Waals surface area contributed by atoms with Crippen molar-refractivity contribution in [1.82, 2.24) is 0 Å². The SMILES string of the molecule is C=C1C[C@@H]2CC[C@@]34C[C@H]5O[C@H]6[C@@H](O3)[C@H]3O[C@H](CC[C@@H]3O[C@H]6[C@H]5O4)CC(=O)C[C@@H]3[C@@H](OC)[C@@H](C[C@H](O)C[NH3+])O[C@H]3C[C@H]3O[C@@H](CC[C@@H]1O2)C[C@@H](C)C3=C. The van der Waals surface area contributed by atoms with Crippen LogP contribution in [0.1, 0.15) is 90.4 Å². The van der Waals surface area contributed by atoms with E-state index in [1.807, 2.05) is 0 Å². The Morgan fingerprint density at radius 3 is 2.38 bits per heavy atom. The number of hydrogen-bond acceptors (Lipinski definition) is 11. The van der Waals surface area contributed by atoms with Crippen LogP contribution >= 0.6 is 0 Å². The number of Topliss-reactive ketones (excluding diaryl/α,β-unsaturated/α-hetero) is 1. The number of carbonyl (C=O) groups excluding carboxylic acids is 1. The summed E-state index contributed by atoms with van der Waals surface area (Å²) in [6.07, 6.45) is 5.27. The quantitative estimate of drug-likeness (QED) is 0.412. The average Bonchev–Trinajstić information content (AvgIpc) is 3.79. The summed E-state index contributed by atoms with van der Waals surface area (Å²) in [5, 5.41) is 10.6. The molecule has 10 aliphatic heterocycles. The number of aliphatic hydroxyl groups excluding tert-OH is 1. The van der Waals surface area contributed by atoms with Crippen molar-refractivity contribution in [3.05, 3.63) is 24.3 Å². The molecule has 290 valence electrons. The molecule has 0 aliphatic carbocycles. The maximum absolute atomic E-state index is 14.1. The van der Waals surface area contributed by atoms with E-state index in [-0.39, 0.29) is 109 Å². The number of aliphatic hydroxyl groups is 1. The third-order valence-corrected chi connectivity index (χ3v) is 14.0. The van der Waals surface area contributed by atoms with Gasteiger partial charge in [0.05, 0.1) is 61.0 Å². The fourth-order valence-electron chi connectivity index (χ4n) is 11.3. The van der Waals surface area contributed by atoms with E-state index >= 15 is 0 Å². The van der Waals surface area contributed by atoms with Gasteiger partial charge in [-0.25, -0.2) is 0 Å². The summed E-state index contributed by atoms with van der Waals surface area (Å²) >= 11 is 0. The lowest BCUT2D eigenvalue weighted by atomic mass is 9.81. The summed E-state index contributed by atoms with van der Waals surface area (Å²) in [4.78, 5) is 14.1. The summed E-state index contributed by atoms with van der Waals surface area (Å²) < 4.78 is 60.1. The largest absolute Gasteiger partial charge is 0.387 e. The monoisotopic (exact) mass is 730 g/mol. The van der Waals surface area contributed by atoms with Crippen LogP contribution in [0.5, 0.6) is 0 Å². The first kappa shape index (κ1) is 36.4. The molecule has 10 fully saturated rings. The molecule has 4 N–H and O–H groups in total. The van der Waals surface area contributed by atoms with Crippen molar-refractivity contribution < 1.29 is 58.3 Å². The molecule has 19 atom stereocenters. The molecule has 0 saturated carbocycles. The molecule has 52 heavy (non-hydrogen) atoms. The van der Waals surface area contributed by atoms with Gasteiger partial charge in [-0.15, -0.1) is 0 Å². The van der Waals surface area contributed by atoms with Crippen molar-refractivity contribution in [2.24, 2.45) is 11.8 Å². The number of quaternary nitrogens is 1. The average molecular weight is 731 g/mol. The zero-order chi connectivity index (χ0) is 35.9. The van der Waals surface area contributed by atoms with Gasteiger partial charge in [0.2, 0.25) is 0 Å². The van der Waals surface area contributed by atoms with Gasteiger partial charge in [-0.2, -0.15) is 0 Å². The number of methoxy groups -OCH3 is 1. The molecule has 0 radical (unpaired) electrons. The second kappa shape index (κ2) is 14.3. The topological polar surface area (TPSA) is 148 Å². The van der Waals surface area contributed by atoms with Gasteiger partial charge in [0, 0.05) is 51.6 Å². The first-order valence-electron chi connectivity index (χ1n) is 20.3. The first-order chi connectivity index (χ1) is 25.1. The van der Waals surface area contributed by atoms with Gasteiger partial charge in [-0.1, -0.05) is 20.1 Å². The normalized spacial score (nSPS) is 52.4. The Hall–Kier alpha value is -1.29.